The van der Waals surface area contributed by atoms with Crippen LogP contribution in [-0.4, -0.2) is 5.91 Å². The highest BCUT2D eigenvalue weighted by molar-refractivity contribution is 7.20. The Balaban J connectivity index is 1.91. The number of thiophene rings is 2. The maximum atomic E-state index is 12.3. The monoisotopic (exact) mass is 370 g/mol. The van der Waals surface area contributed by atoms with E-state index in [0.29, 0.717) is 30.7 Å². The summed E-state index contributed by atoms with van der Waals surface area (Å²) in [5.41, 5.74) is 2.04. The number of hydrogen-bond donors (Lipinski definition) is 1. The zero-order valence-corrected chi connectivity index (χ0v) is 14.8. The van der Waals surface area contributed by atoms with Crippen LogP contribution in [0.5, 0.6) is 0 Å². The van der Waals surface area contributed by atoms with E-state index >= 15 is 0 Å². The Morgan fingerprint density at radius 1 is 1.45 bits per heavy atom. The van der Waals surface area contributed by atoms with Crippen LogP contribution >= 0.6 is 45.9 Å². The Bertz CT molecular complexity index is 788. The second kappa shape index (κ2) is 6.21. The quantitative estimate of drug-likeness (QED) is 0.772. The molecule has 22 heavy (non-hydrogen) atoms. The fourth-order valence-corrected chi connectivity index (χ4v) is 5.44. The molecule has 3 rings (SSSR count). The standard InChI is InChI=1S/C15H12Cl2N2OS2/c1-7-2-3-8-10(6-18)15(21-11(8)4-7)19-14(20)9-5-12(16)22-13(9)17/h5,7H,2-4H2,1H3,(H,19,20)/t7-/m1/s1. The SMILES string of the molecule is C[C@@H]1CCc2c(sc(NC(=O)c3cc(Cl)sc3Cl)c2C#N)C1. The van der Waals surface area contributed by atoms with Crippen molar-refractivity contribution in [3.63, 3.8) is 0 Å². The summed E-state index contributed by atoms with van der Waals surface area (Å²) in [5, 5.41) is 12.9. The summed E-state index contributed by atoms with van der Waals surface area (Å²) in [6.07, 6.45) is 2.95. The fraction of sp³-hybridized carbons (Fsp3) is 0.333. The molecule has 0 unspecified atom stereocenters. The first kappa shape index (κ1) is 15.8. The van der Waals surface area contributed by atoms with Crippen LogP contribution in [0.2, 0.25) is 8.67 Å². The number of carbonyl (C=O) groups is 1. The Kier molecular flexibility index (Phi) is 4.47. The van der Waals surface area contributed by atoms with Gasteiger partial charge in [-0.15, -0.1) is 22.7 Å². The highest BCUT2D eigenvalue weighted by Gasteiger charge is 2.25. The molecule has 0 aliphatic heterocycles. The molecule has 2 heterocycles. The van der Waals surface area contributed by atoms with Gasteiger partial charge in [-0.25, -0.2) is 0 Å². The van der Waals surface area contributed by atoms with E-state index in [-0.39, 0.29) is 5.91 Å². The summed E-state index contributed by atoms with van der Waals surface area (Å²) in [5.74, 6) is 0.294. The van der Waals surface area contributed by atoms with E-state index in [1.165, 1.54) is 16.2 Å². The lowest BCUT2D eigenvalue weighted by molar-refractivity contribution is 0.102. The van der Waals surface area contributed by atoms with Gasteiger partial charge >= 0.3 is 0 Å². The largest absolute Gasteiger partial charge is 0.312 e. The molecule has 114 valence electrons. The van der Waals surface area contributed by atoms with Crippen LogP contribution in [0.4, 0.5) is 5.00 Å². The maximum absolute atomic E-state index is 12.3. The van der Waals surface area contributed by atoms with Gasteiger partial charge in [0, 0.05) is 4.88 Å². The summed E-state index contributed by atoms with van der Waals surface area (Å²) in [6, 6.07) is 3.78. The topological polar surface area (TPSA) is 52.9 Å². The molecule has 0 spiro atoms. The number of carbonyl (C=O) groups excluding carboxylic acids is 1. The van der Waals surface area contributed by atoms with E-state index in [2.05, 4.69) is 18.3 Å². The highest BCUT2D eigenvalue weighted by Crippen LogP contribution is 2.40. The van der Waals surface area contributed by atoms with Crippen LogP contribution in [0.3, 0.4) is 0 Å². The van der Waals surface area contributed by atoms with Crippen molar-refractivity contribution in [1.29, 1.82) is 5.26 Å². The minimum absolute atomic E-state index is 0.323. The summed E-state index contributed by atoms with van der Waals surface area (Å²) < 4.78 is 0.825. The van der Waals surface area contributed by atoms with E-state index in [1.807, 2.05) is 0 Å². The van der Waals surface area contributed by atoms with Crippen LogP contribution in [0.15, 0.2) is 6.07 Å². The minimum atomic E-state index is -0.323. The van der Waals surface area contributed by atoms with Crippen molar-refractivity contribution >= 4 is 56.8 Å². The van der Waals surface area contributed by atoms with E-state index in [4.69, 9.17) is 23.2 Å². The van der Waals surface area contributed by atoms with Gasteiger partial charge in [0.1, 0.15) is 15.4 Å². The van der Waals surface area contributed by atoms with Crippen LogP contribution in [0, 0.1) is 17.2 Å². The summed E-state index contributed by atoms with van der Waals surface area (Å²) in [6.45, 7) is 2.21. The first-order valence-corrected chi connectivity index (χ1v) is 9.19. The van der Waals surface area contributed by atoms with Gasteiger partial charge in [0.15, 0.2) is 0 Å². The molecule has 1 aliphatic carbocycles. The van der Waals surface area contributed by atoms with E-state index in [1.54, 1.807) is 6.07 Å². The van der Waals surface area contributed by atoms with Crippen LogP contribution in [-0.2, 0) is 12.8 Å². The summed E-state index contributed by atoms with van der Waals surface area (Å²) >= 11 is 14.5. The first-order chi connectivity index (χ1) is 10.5. The lowest BCUT2D eigenvalue weighted by atomic mass is 9.88. The molecule has 1 amide bonds. The average Bonchev–Trinajstić information content (AvgIpc) is 2.97. The maximum Gasteiger partial charge on any atom is 0.258 e. The van der Waals surface area contributed by atoms with Gasteiger partial charge in [0.25, 0.3) is 5.91 Å². The van der Waals surface area contributed by atoms with Gasteiger partial charge < -0.3 is 5.32 Å². The van der Waals surface area contributed by atoms with Crippen molar-refractivity contribution in [2.45, 2.75) is 26.2 Å². The number of rotatable bonds is 2. The number of fused-ring (bicyclic) bond motifs is 1. The van der Waals surface area contributed by atoms with Gasteiger partial charge in [-0.2, -0.15) is 5.26 Å². The average molecular weight is 371 g/mol. The minimum Gasteiger partial charge on any atom is -0.312 e. The van der Waals surface area contributed by atoms with Crippen LogP contribution < -0.4 is 5.32 Å². The molecule has 2 aromatic rings. The second-order valence-corrected chi connectivity index (χ2v) is 8.75. The third-order valence-electron chi connectivity index (χ3n) is 3.75. The molecular formula is C15H12Cl2N2OS2. The summed E-state index contributed by atoms with van der Waals surface area (Å²) in [4.78, 5) is 13.6. The number of amides is 1. The van der Waals surface area contributed by atoms with Crippen molar-refractivity contribution in [2.75, 3.05) is 5.32 Å². The zero-order chi connectivity index (χ0) is 15.9. The first-order valence-electron chi connectivity index (χ1n) is 6.80. The normalized spacial score (nSPS) is 16.9. The lowest BCUT2D eigenvalue weighted by Crippen LogP contribution is -2.11. The van der Waals surface area contributed by atoms with Gasteiger partial charge in [-0.05, 0) is 36.8 Å². The Hall–Kier alpha value is -1.06. The van der Waals surface area contributed by atoms with Gasteiger partial charge in [0.2, 0.25) is 0 Å². The van der Waals surface area contributed by atoms with Crippen molar-refractivity contribution in [3.05, 3.63) is 36.3 Å². The lowest BCUT2D eigenvalue weighted by Gasteiger charge is -2.17. The Morgan fingerprint density at radius 2 is 2.23 bits per heavy atom. The molecule has 7 heteroatoms. The molecule has 1 aliphatic rings. The second-order valence-electron chi connectivity index (χ2n) is 5.36. The molecule has 0 radical (unpaired) electrons. The van der Waals surface area contributed by atoms with E-state index in [0.717, 1.165) is 36.2 Å². The van der Waals surface area contributed by atoms with Crippen molar-refractivity contribution < 1.29 is 4.79 Å². The molecule has 2 aromatic heterocycles. The van der Waals surface area contributed by atoms with Crippen molar-refractivity contribution in [2.24, 2.45) is 5.92 Å². The number of hydrogen-bond acceptors (Lipinski definition) is 4. The molecule has 3 nitrogen and oxygen atoms in total. The number of halogens is 2. The third kappa shape index (κ3) is 2.89. The molecule has 0 fully saturated rings. The van der Waals surface area contributed by atoms with E-state index in [9.17, 15) is 10.1 Å². The van der Waals surface area contributed by atoms with E-state index < -0.39 is 0 Å². The van der Waals surface area contributed by atoms with Crippen molar-refractivity contribution in [3.8, 4) is 6.07 Å². The molecule has 0 bridgehead atoms. The number of nitriles is 1. The van der Waals surface area contributed by atoms with Gasteiger partial charge in [0.05, 0.1) is 15.5 Å². The summed E-state index contributed by atoms with van der Waals surface area (Å²) in [7, 11) is 0. The number of nitrogens with zero attached hydrogens (tertiary/aromatic N) is 1. The third-order valence-corrected chi connectivity index (χ3v) is 6.41. The number of anilines is 1. The van der Waals surface area contributed by atoms with Crippen LogP contribution in [0.25, 0.3) is 0 Å². The molecule has 0 aromatic carbocycles. The van der Waals surface area contributed by atoms with Crippen molar-refractivity contribution in [1.82, 2.24) is 0 Å². The molecule has 1 N–H and O–H groups in total. The molecule has 0 saturated heterocycles. The zero-order valence-electron chi connectivity index (χ0n) is 11.7. The van der Waals surface area contributed by atoms with Gasteiger partial charge in [-0.1, -0.05) is 30.1 Å². The van der Waals surface area contributed by atoms with Gasteiger partial charge in [-0.3, -0.25) is 4.79 Å². The molecule has 1 atom stereocenters. The Labute approximate surface area is 146 Å². The number of nitrogens with one attached hydrogen (secondary N) is 1. The molecular weight excluding hydrogens is 359 g/mol. The predicted molar refractivity (Wildman–Crippen MR) is 92.5 cm³/mol. The smallest absolute Gasteiger partial charge is 0.258 e. The highest BCUT2D eigenvalue weighted by atomic mass is 35.5. The Morgan fingerprint density at radius 3 is 2.86 bits per heavy atom. The molecule has 0 saturated carbocycles. The predicted octanol–water partition coefficient (Wildman–Crippen LogP) is 5.37. The fourth-order valence-electron chi connectivity index (χ4n) is 2.62. The van der Waals surface area contributed by atoms with Crippen LogP contribution in [0.1, 0.15) is 39.7 Å².